The average molecular weight is 390 g/mol. The molecular weight excluding hydrogens is 362 g/mol. The fraction of sp³-hybridized carbons (Fsp3) is 0.500. The minimum Gasteiger partial charge on any atom is -0.496 e. The van der Waals surface area contributed by atoms with Crippen molar-refractivity contribution < 1.29 is 14.3 Å². The molecule has 2 amide bonds. The van der Waals surface area contributed by atoms with Crippen molar-refractivity contribution in [1.29, 1.82) is 0 Å². The summed E-state index contributed by atoms with van der Waals surface area (Å²) in [5.41, 5.74) is 1.000. The molecule has 1 aromatic carbocycles. The summed E-state index contributed by atoms with van der Waals surface area (Å²) in [5.74, 6) is 2.81. The quantitative estimate of drug-likeness (QED) is 0.799. The highest BCUT2D eigenvalue weighted by Crippen LogP contribution is 2.19. The van der Waals surface area contributed by atoms with Crippen LogP contribution >= 0.6 is 11.8 Å². The Morgan fingerprint density at radius 3 is 2.85 bits per heavy atom. The Labute approximate surface area is 164 Å². The maximum Gasteiger partial charge on any atom is 0.237 e. The molecule has 1 N–H and O–H groups in total. The summed E-state index contributed by atoms with van der Waals surface area (Å²) in [6, 6.07) is 7.42. The first-order chi connectivity index (χ1) is 13.2. The van der Waals surface area contributed by atoms with Gasteiger partial charge in [-0.25, -0.2) is 0 Å². The van der Waals surface area contributed by atoms with Crippen LogP contribution in [-0.4, -0.2) is 79.0 Å². The summed E-state index contributed by atoms with van der Waals surface area (Å²) in [5, 5.41) is 2.90. The number of nitrogens with zero attached hydrogens (tertiary/aromatic N) is 2. The molecule has 1 unspecified atom stereocenters. The van der Waals surface area contributed by atoms with E-state index in [9.17, 15) is 9.59 Å². The molecule has 2 heterocycles. The van der Waals surface area contributed by atoms with Crippen LogP contribution in [0, 0.1) is 0 Å². The number of benzene rings is 1. The van der Waals surface area contributed by atoms with Crippen molar-refractivity contribution in [2.75, 3.05) is 51.3 Å². The van der Waals surface area contributed by atoms with Crippen LogP contribution in [0.25, 0.3) is 6.08 Å². The maximum atomic E-state index is 12.6. The zero-order chi connectivity index (χ0) is 19.1. The van der Waals surface area contributed by atoms with Gasteiger partial charge in [0.05, 0.1) is 19.6 Å². The zero-order valence-corrected chi connectivity index (χ0v) is 16.5. The van der Waals surface area contributed by atoms with E-state index >= 15 is 0 Å². The SMILES string of the molecule is COc1ccccc1C=CCN1CCNC(=O)C1CC(=O)N1CCSCC1. The van der Waals surface area contributed by atoms with E-state index in [1.54, 1.807) is 7.11 Å². The highest BCUT2D eigenvalue weighted by atomic mass is 32.2. The normalized spacial score (nSPS) is 21.3. The van der Waals surface area contributed by atoms with Crippen molar-refractivity contribution in [3.05, 3.63) is 35.9 Å². The smallest absolute Gasteiger partial charge is 0.237 e. The number of nitrogens with one attached hydrogen (secondary N) is 1. The summed E-state index contributed by atoms with van der Waals surface area (Å²) < 4.78 is 5.36. The Morgan fingerprint density at radius 2 is 2.07 bits per heavy atom. The van der Waals surface area contributed by atoms with Gasteiger partial charge in [-0.1, -0.05) is 30.4 Å². The van der Waals surface area contributed by atoms with E-state index in [1.165, 1.54) is 0 Å². The van der Waals surface area contributed by atoms with Crippen molar-refractivity contribution in [1.82, 2.24) is 15.1 Å². The van der Waals surface area contributed by atoms with Crippen molar-refractivity contribution in [2.45, 2.75) is 12.5 Å². The Bertz CT molecular complexity index is 689. The summed E-state index contributed by atoms with van der Waals surface area (Å²) in [7, 11) is 1.66. The van der Waals surface area contributed by atoms with Gasteiger partial charge in [0.15, 0.2) is 0 Å². The molecule has 6 nitrogen and oxygen atoms in total. The molecule has 2 saturated heterocycles. The lowest BCUT2D eigenvalue weighted by Gasteiger charge is -2.35. The van der Waals surface area contributed by atoms with Crippen LogP contribution in [0.3, 0.4) is 0 Å². The molecule has 1 aromatic rings. The van der Waals surface area contributed by atoms with Gasteiger partial charge >= 0.3 is 0 Å². The van der Waals surface area contributed by atoms with E-state index in [1.807, 2.05) is 53.1 Å². The Hall–Kier alpha value is -1.99. The Balaban J connectivity index is 1.62. The summed E-state index contributed by atoms with van der Waals surface area (Å²) >= 11 is 1.87. The monoisotopic (exact) mass is 389 g/mol. The number of carbonyl (C=O) groups is 2. The summed E-state index contributed by atoms with van der Waals surface area (Å²) in [4.78, 5) is 29.0. The molecule has 0 saturated carbocycles. The standard InChI is InChI=1S/C20H27N3O3S/c1-26-18-7-3-2-5-16(18)6-4-9-22-10-8-21-20(25)17(22)15-19(24)23-11-13-27-14-12-23/h2-7,17H,8-15H2,1H3,(H,21,25). The highest BCUT2D eigenvalue weighted by molar-refractivity contribution is 7.99. The first-order valence-electron chi connectivity index (χ1n) is 9.36. The second kappa shape index (κ2) is 9.80. The average Bonchev–Trinajstić information content (AvgIpc) is 2.71. The first kappa shape index (κ1) is 19.8. The van der Waals surface area contributed by atoms with Crippen molar-refractivity contribution in [3.8, 4) is 5.75 Å². The van der Waals surface area contributed by atoms with Gasteiger partial charge in [-0.3, -0.25) is 14.5 Å². The van der Waals surface area contributed by atoms with Crippen LogP contribution in [0.5, 0.6) is 5.75 Å². The van der Waals surface area contributed by atoms with Crippen molar-refractivity contribution in [3.63, 3.8) is 0 Å². The van der Waals surface area contributed by atoms with Crippen LogP contribution in [0.2, 0.25) is 0 Å². The van der Waals surface area contributed by atoms with Crippen molar-refractivity contribution >= 4 is 29.7 Å². The molecular formula is C20H27N3O3S. The largest absolute Gasteiger partial charge is 0.496 e. The summed E-state index contributed by atoms with van der Waals surface area (Å²) in [6.45, 7) is 3.55. The first-order valence-corrected chi connectivity index (χ1v) is 10.5. The molecule has 3 rings (SSSR count). The number of hydrogen-bond acceptors (Lipinski definition) is 5. The van der Waals surface area contributed by atoms with E-state index in [0.717, 1.165) is 42.5 Å². The molecule has 1 atom stereocenters. The second-order valence-corrected chi connectivity index (χ2v) is 7.87. The lowest BCUT2D eigenvalue weighted by Crippen LogP contribution is -2.56. The van der Waals surface area contributed by atoms with E-state index in [0.29, 0.717) is 13.1 Å². The van der Waals surface area contributed by atoms with Gasteiger partial charge in [0.1, 0.15) is 5.75 Å². The van der Waals surface area contributed by atoms with Gasteiger partial charge in [0.2, 0.25) is 11.8 Å². The molecule has 0 aromatic heterocycles. The number of hydrogen-bond donors (Lipinski definition) is 1. The molecule has 0 bridgehead atoms. The number of rotatable bonds is 6. The molecule has 27 heavy (non-hydrogen) atoms. The van der Waals surface area contributed by atoms with Crippen LogP contribution in [-0.2, 0) is 9.59 Å². The topological polar surface area (TPSA) is 61.9 Å². The fourth-order valence-corrected chi connectivity index (χ4v) is 4.33. The van der Waals surface area contributed by atoms with Crippen LogP contribution in [0.15, 0.2) is 30.3 Å². The van der Waals surface area contributed by atoms with Gasteiger partial charge in [-0.15, -0.1) is 0 Å². The second-order valence-electron chi connectivity index (χ2n) is 6.64. The number of methoxy groups -OCH3 is 1. The zero-order valence-electron chi connectivity index (χ0n) is 15.7. The van der Waals surface area contributed by atoms with E-state index in [-0.39, 0.29) is 18.2 Å². The minimum absolute atomic E-state index is 0.0494. The molecule has 0 radical (unpaired) electrons. The molecule has 0 aliphatic carbocycles. The van der Waals surface area contributed by atoms with E-state index in [2.05, 4.69) is 10.2 Å². The predicted octanol–water partition coefficient (Wildman–Crippen LogP) is 1.47. The molecule has 0 spiro atoms. The number of thioether (sulfide) groups is 1. The minimum atomic E-state index is -0.400. The molecule has 2 aliphatic rings. The third kappa shape index (κ3) is 5.26. The van der Waals surface area contributed by atoms with Gasteiger partial charge in [0, 0.05) is 49.8 Å². The molecule has 7 heteroatoms. The summed E-state index contributed by atoms with van der Waals surface area (Å²) in [6.07, 6.45) is 4.29. The molecule has 146 valence electrons. The van der Waals surface area contributed by atoms with Gasteiger partial charge in [-0.05, 0) is 6.07 Å². The third-order valence-corrected chi connectivity index (χ3v) is 5.89. The van der Waals surface area contributed by atoms with E-state index < -0.39 is 6.04 Å². The van der Waals surface area contributed by atoms with Gasteiger partial charge in [0.25, 0.3) is 0 Å². The van der Waals surface area contributed by atoms with E-state index in [4.69, 9.17) is 4.74 Å². The number of amides is 2. The third-order valence-electron chi connectivity index (χ3n) is 4.95. The fourth-order valence-electron chi connectivity index (χ4n) is 3.43. The van der Waals surface area contributed by atoms with Crippen LogP contribution < -0.4 is 10.1 Å². The number of ether oxygens (including phenoxy) is 1. The maximum absolute atomic E-state index is 12.6. The Morgan fingerprint density at radius 1 is 1.30 bits per heavy atom. The van der Waals surface area contributed by atoms with Gasteiger partial charge in [-0.2, -0.15) is 11.8 Å². The van der Waals surface area contributed by atoms with Gasteiger partial charge < -0.3 is 15.0 Å². The molecule has 2 aliphatic heterocycles. The molecule has 2 fully saturated rings. The number of piperazine rings is 1. The van der Waals surface area contributed by atoms with Crippen LogP contribution in [0.4, 0.5) is 0 Å². The Kier molecular flexibility index (Phi) is 7.18. The lowest BCUT2D eigenvalue weighted by atomic mass is 10.1. The van der Waals surface area contributed by atoms with Crippen molar-refractivity contribution in [2.24, 2.45) is 0 Å². The predicted molar refractivity (Wildman–Crippen MR) is 109 cm³/mol. The highest BCUT2D eigenvalue weighted by Gasteiger charge is 2.32. The van der Waals surface area contributed by atoms with Crippen LogP contribution in [0.1, 0.15) is 12.0 Å². The lowest BCUT2D eigenvalue weighted by molar-refractivity contribution is -0.138. The number of para-hydroxylation sites is 1. The number of carbonyl (C=O) groups excluding carboxylic acids is 2.